The Morgan fingerprint density at radius 1 is 1.00 bits per heavy atom. The lowest BCUT2D eigenvalue weighted by atomic mass is 10.1. The van der Waals surface area contributed by atoms with E-state index in [1.807, 2.05) is 31.2 Å². The van der Waals surface area contributed by atoms with E-state index in [0.717, 1.165) is 11.3 Å². The van der Waals surface area contributed by atoms with Crippen LogP contribution in [-0.4, -0.2) is 5.71 Å². The Morgan fingerprint density at radius 3 is 2.26 bits per heavy atom. The highest BCUT2D eigenvalue weighted by molar-refractivity contribution is 5.99. The lowest BCUT2D eigenvalue weighted by molar-refractivity contribution is 0.579. The Labute approximate surface area is 110 Å². The number of hydrogen-bond acceptors (Lipinski definition) is 2. The van der Waals surface area contributed by atoms with Crippen LogP contribution in [0.2, 0.25) is 0 Å². The summed E-state index contributed by atoms with van der Waals surface area (Å²) in [4.78, 5) is 0. The molecule has 0 aliphatic rings. The predicted octanol–water partition coefficient (Wildman–Crippen LogP) is 4.11. The first-order valence-electron chi connectivity index (χ1n) is 5.90. The van der Waals surface area contributed by atoms with Gasteiger partial charge in [0.25, 0.3) is 0 Å². The van der Waals surface area contributed by atoms with Crippen molar-refractivity contribution in [1.29, 1.82) is 0 Å². The molecule has 0 bridgehead atoms. The number of halogens is 2. The average Bonchev–Trinajstić information content (AvgIpc) is 2.37. The summed E-state index contributed by atoms with van der Waals surface area (Å²) >= 11 is 0. The maximum absolute atomic E-state index is 13.6. The molecule has 0 aromatic heterocycles. The molecule has 0 amide bonds. The predicted molar refractivity (Wildman–Crippen MR) is 73.4 cm³/mol. The van der Waals surface area contributed by atoms with Crippen molar-refractivity contribution in [2.24, 2.45) is 5.10 Å². The Bertz CT molecular complexity index is 601. The number of hydrazone groups is 1. The summed E-state index contributed by atoms with van der Waals surface area (Å²) < 4.78 is 27.1. The third kappa shape index (κ3) is 2.96. The number of anilines is 1. The van der Waals surface area contributed by atoms with Gasteiger partial charge in [0, 0.05) is 0 Å². The lowest BCUT2D eigenvalue weighted by Crippen LogP contribution is -2.06. The van der Waals surface area contributed by atoms with Gasteiger partial charge in [-0.05, 0) is 37.6 Å². The van der Waals surface area contributed by atoms with Crippen molar-refractivity contribution in [2.75, 3.05) is 5.43 Å². The van der Waals surface area contributed by atoms with E-state index in [9.17, 15) is 8.78 Å². The van der Waals surface area contributed by atoms with Gasteiger partial charge in [-0.15, -0.1) is 0 Å². The highest BCUT2D eigenvalue weighted by Crippen LogP contribution is 2.16. The number of nitrogens with zero attached hydrogens (tertiary/aromatic N) is 1. The molecule has 0 unspecified atom stereocenters. The number of benzene rings is 2. The maximum atomic E-state index is 13.6. The molecule has 0 aliphatic heterocycles. The van der Waals surface area contributed by atoms with Crippen LogP contribution in [0.3, 0.4) is 0 Å². The Balaban J connectivity index is 2.27. The molecule has 2 rings (SSSR count). The van der Waals surface area contributed by atoms with Gasteiger partial charge in [0.15, 0.2) is 0 Å². The average molecular weight is 260 g/mol. The van der Waals surface area contributed by atoms with Crippen molar-refractivity contribution in [3.63, 3.8) is 0 Å². The molecule has 0 saturated carbocycles. The van der Waals surface area contributed by atoms with Crippen molar-refractivity contribution in [2.45, 2.75) is 13.8 Å². The first-order chi connectivity index (χ1) is 9.09. The number of rotatable bonds is 3. The van der Waals surface area contributed by atoms with Gasteiger partial charge in [0.05, 0.1) is 17.0 Å². The number of para-hydroxylation sites is 1. The largest absolute Gasteiger partial charge is 0.278 e. The van der Waals surface area contributed by atoms with Crippen LogP contribution in [0.1, 0.15) is 18.1 Å². The quantitative estimate of drug-likeness (QED) is 0.651. The third-order valence-electron chi connectivity index (χ3n) is 2.81. The minimum absolute atomic E-state index is 0.108. The fourth-order valence-electron chi connectivity index (χ4n) is 1.74. The first-order valence-corrected chi connectivity index (χ1v) is 5.90. The van der Waals surface area contributed by atoms with Gasteiger partial charge >= 0.3 is 0 Å². The molecule has 0 spiro atoms. The molecule has 19 heavy (non-hydrogen) atoms. The summed E-state index contributed by atoms with van der Waals surface area (Å²) in [6.07, 6.45) is 0. The molecule has 4 heteroatoms. The number of hydrogen-bond donors (Lipinski definition) is 1. The van der Waals surface area contributed by atoms with Gasteiger partial charge in [-0.3, -0.25) is 5.43 Å². The van der Waals surface area contributed by atoms with Crippen molar-refractivity contribution >= 4 is 11.4 Å². The molecular formula is C15H14F2N2. The van der Waals surface area contributed by atoms with Crippen LogP contribution < -0.4 is 5.43 Å². The molecular weight excluding hydrogens is 246 g/mol. The monoisotopic (exact) mass is 260 g/mol. The van der Waals surface area contributed by atoms with Gasteiger partial charge < -0.3 is 0 Å². The molecule has 0 saturated heterocycles. The van der Waals surface area contributed by atoms with Crippen LogP contribution >= 0.6 is 0 Å². The van der Waals surface area contributed by atoms with Crippen molar-refractivity contribution in [1.82, 2.24) is 0 Å². The minimum Gasteiger partial charge on any atom is -0.278 e. The van der Waals surface area contributed by atoms with E-state index in [2.05, 4.69) is 10.5 Å². The molecule has 0 atom stereocenters. The summed E-state index contributed by atoms with van der Waals surface area (Å²) in [5.74, 6) is -1.24. The molecule has 0 radical (unpaired) electrons. The van der Waals surface area contributed by atoms with E-state index in [1.165, 1.54) is 18.2 Å². The van der Waals surface area contributed by atoms with Gasteiger partial charge in [0.1, 0.15) is 11.6 Å². The smallest absolute Gasteiger partial charge is 0.135 e. The van der Waals surface area contributed by atoms with Gasteiger partial charge in [0.2, 0.25) is 0 Å². The fourth-order valence-corrected chi connectivity index (χ4v) is 1.74. The third-order valence-corrected chi connectivity index (χ3v) is 2.81. The van der Waals surface area contributed by atoms with E-state index >= 15 is 0 Å². The zero-order chi connectivity index (χ0) is 13.8. The van der Waals surface area contributed by atoms with Crippen LogP contribution in [0.4, 0.5) is 14.5 Å². The van der Waals surface area contributed by atoms with Crippen molar-refractivity contribution in [3.05, 3.63) is 65.2 Å². The normalized spacial score (nSPS) is 11.5. The van der Waals surface area contributed by atoms with Crippen LogP contribution in [0.15, 0.2) is 47.6 Å². The van der Waals surface area contributed by atoms with E-state index in [-0.39, 0.29) is 11.3 Å². The van der Waals surface area contributed by atoms with E-state index in [0.29, 0.717) is 0 Å². The lowest BCUT2D eigenvalue weighted by Gasteiger charge is -2.07. The highest BCUT2D eigenvalue weighted by atomic mass is 19.1. The zero-order valence-electron chi connectivity index (χ0n) is 10.7. The summed E-state index contributed by atoms with van der Waals surface area (Å²) in [5.41, 5.74) is 4.79. The summed E-state index contributed by atoms with van der Waals surface area (Å²) in [7, 11) is 0. The molecule has 0 heterocycles. The second-order valence-electron chi connectivity index (χ2n) is 4.22. The molecule has 2 aromatic rings. The zero-order valence-corrected chi connectivity index (χ0v) is 10.7. The maximum Gasteiger partial charge on any atom is 0.135 e. The topological polar surface area (TPSA) is 24.4 Å². The molecule has 0 fully saturated rings. The Kier molecular flexibility index (Phi) is 3.90. The van der Waals surface area contributed by atoms with E-state index < -0.39 is 11.6 Å². The Morgan fingerprint density at radius 2 is 1.63 bits per heavy atom. The van der Waals surface area contributed by atoms with Gasteiger partial charge in [-0.2, -0.15) is 5.10 Å². The van der Waals surface area contributed by atoms with Crippen molar-refractivity contribution in [3.8, 4) is 0 Å². The molecule has 0 aliphatic carbocycles. The van der Waals surface area contributed by atoms with E-state index in [4.69, 9.17) is 0 Å². The summed E-state index contributed by atoms with van der Waals surface area (Å²) in [6.45, 7) is 3.49. The second-order valence-corrected chi connectivity index (χ2v) is 4.22. The molecule has 2 aromatic carbocycles. The molecule has 1 N–H and O–H groups in total. The second kappa shape index (κ2) is 5.61. The SMILES string of the molecule is C/C(=N/Nc1ccccc1C)c1c(F)cccc1F. The number of aryl methyl sites for hydroxylation is 1. The highest BCUT2D eigenvalue weighted by Gasteiger charge is 2.11. The standard InChI is InChI=1S/C15H14F2N2/c1-10-6-3-4-9-14(10)19-18-11(2)15-12(16)7-5-8-13(15)17/h3-9,19H,1-2H3/b18-11-. The summed E-state index contributed by atoms with van der Waals surface area (Å²) in [6, 6.07) is 11.3. The van der Waals surface area contributed by atoms with Crippen molar-refractivity contribution < 1.29 is 8.78 Å². The van der Waals surface area contributed by atoms with Crippen LogP contribution in [-0.2, 0) is 0 Å². The Hall–Kier alpha value is -2.23. The minimum atomic E-state index is -0.618. The molecule has 2 nitrogen and oxygen atoms in total. The van der Waals surface area contributed by atoms with Crippen LogP contribution in [0.25, 0.3) is 0 Å². The number of nitrogens with one attached hydrogen (secondary N) is 1. The summed E-state index contributed by atoms with van der Waals surface area (Å²) in [5, 5.41) is 4.03. The van der Waals surface area contributed by atoms with Gasteiger partial charge in [-0.25, -0.2) is 8.78 Å². The van der Waals surface area contributed by atoms with Gasteiger partial charge in [-0.1, -0.05) is 24.3 Å². The molecule has 98 valence electrons. The van der Waals surface area contributed by atoms with E-state index in [1.54, 1.807) is 6.92 Å². The first kappa shape index (κ1) is 13.2. The van der Waals surface area contributed by atoms with Crippen LogP contribution in [0.5, 0.6) is 0 Å². The van der Waals surface area contributed by atoms with Crippen LogP contribution in [0, 0.1) is 18.6 Å². The fraction of sp³-hybridized carbons (Fsp3) is 0.133.